The monoisotopic (exact) mass is 545 g/mol. The number of piperidine rings is 1. The molecule has 0 saturated carbocycles. The van der Waals surface area contributed by atoms with Gasteiger partial charge in [-0.05, 0) is 57.5 Å². The fraction of sp³-hybridized carbons (Fsp3) is 0.481. The Morgan fingerprint density at radius 2 is 1.78 bits per heavy atom. The molecule has 198 valence electrons. The van der Waals surface area contributed by atoms with Crippen LogP contribution in [0.4, 0.5) is 11.6 Å². The lowest BCUT2D eigenvalue weighted by atomic mass is 9.97. The highest BCUT2D eigenvalue weighted by atomic mass is 35.5. The smallest absolute Gasteiger partial charge is 0.141 e. The molecular formula is C27H33Cl2N5O3. The van der Waals surface area contributed by atoms with Crippen molar-refractivity contribution in [3.63, 3.8) is 0 Å². The van der Waals surface area contributed by atoms with Crippen molar-refractivity contribution in [1.29, 1.82) is 0 Å². The number of hydrogen-bond acceptors (Lipinski definition) is 8. The third-order valence-electron chi connectivity index (χ3n) is 7.22. The van der Waals surface area contributed by atoms with E-state index in [0.717, 1.165) is 67.9 Å². The summed E-state index contributed by atoms with van der Waals surface area (Å²) in [6.45, 7) is 4.51. The van der Waals surface area contributed by atoms with Gasteiger partial charge < -0.3 is 29.7 Å². The fourth-order valence-electron chi connectivity index (χ4n) is 4.96. The second kappa shape index (κ2) is 11.5. The summed E-state index contributed by atoms with van der Waals surface area (Å²) < 4.78 is 16.5. The van der Waals surface area contributed by atoms with E-state index in [0.29, 0.717) is 45.3 Å². The van der Waals surface area contributed by atoms with E-state index in [2.05, 4.69) is 33.6 Å². The Kier molecular flexibility index (Phi) is 8.09. The van der Waals surface area contributed by atoms with Crippen LogP contribution in [0, 0.1) is 5.92 Å². The summed E-state index contributed by atoms with van der Waals surface area (Å²) in [6, 6.07) is 5.95. The van der Waals surface area contributed by atoms with Crippen molar-refractivity contribution in [2.45, 2.75) is 25.3 Å². The molecule has 2 saturated heterocycles. The molecule has 2 aliphatic heterocycles. The Hall–Kier alpha value is -2.52. The molecule has 37 heavy (non-hydrogen) atoms. The van der Waals surface area contributed by atoms with E-state index in [1.807, 2.05) is 12.3 Å². The maximum absolute atomic E-state index is 6.75. The standard InChI is InChI=1S/C27H33Cl2N5O3/c1-34-7-4-16(5-8-34)13-31-27-19-11-23(32-18-6-9-37-15-18)30-14-17(19)10-20(33-27)24-25(28)21(35-2)12-22(36-3)26(24)29/h10-12,14,16,18H,4-9,13,15H2,1-3H3,(H,30,32)(H,31,33). The third-order valence-corrected chi connectivity index (χ3v) is 7.97. The number of fused-ring (bicyclic) bond motifs is 1. The zero-order valence-electron chi connectivity index (χ0n) is 21.4. The van der Waals surface area contributed by atoms with E-state index in [1.165, 1.54) is 0 Å². The first-order valence-electron chi connectivity index (χ1n) is 12.6. The molecule has 0 spiro atoms. The van der Waals surface area contributed by atoms with Gasteiger partial charge in [-0.25, -0.2) is 9.97 Å². The lowest BCUT2D eigenvalue weighted by Gasteiger charge is -2.29. The molecule has 1 aromatic carbocycles. The van der Waals surface area contributed by atoms with Gasteiger partial charge >= 0.3 is 0 Å². The number of halogens is 2. The molecule has 3 aromatic rings. The van der Waals surface area contributed by atoms with Crippen LogP contribution in [0.25, 0.3) is 22.0 Å². The van der Waals surface area contributed by atoms with Crippen molar-refractivity contribution in [1.82, 2.24) is 14.9 Å². The minimum Gasteiger partial charge on any atom is -0.495 e. The second-order valence-electron chi connectivity index (χ2n) is 9.76. The average molecular weight is 546 g/mol. The molecule has 2 aliphatic rings. The van der Waals surface area contributed by atoms with Crippen molar-refractivity contribution in [3.8, 4) is 22.8 Å². The van der Waals surface area contributed by atoms with E-state index in [-0.39, 0.29) is 6.04 Å². The summed E-state index contributed by atoms with van der Waals surface area (Å²) in [5.41, 5.74) is 1.19. The van der Waals surface area contributed by atoms with Crippen LogP contribution in [0.15, 0.2) is 24.4 Å². The first kappa shape index (κ1) is 26.1. The normalized spacial score (nSPS) is 18.8. The Morgan fingerprint density at radius 3 is 2.43 bits per heavy atom. The quantitative estimate of drug-likeness (QED) is 0.380. The molecule has 1 unspecified atom stereocenters. The second-order valence-corrected chi connectivity index (χ2v) is 10.5. The molecular weight excluding hydrogens is 513 g/mol. The van der Waals surface area contributed by atoms with Crippen LogP contribution < -0.4 is 20.1 Å². The highest BCUT2D eigenvalue weighted by Crippen LogP contribution is 2.46. The van der Waals surface area contributed by atoms with E-state index in [1.54, 1.807) is 20.3 Å². The molecule has 0 aliphatic carbocycles. The predicted octanol–water partition coefficient (Wildman–Crippen LogP) is 5.58. The Balaban J connectivity index is 1.56. The molecule has 8 nitrogen and oxygen atoms in total. The maximum Gasteiger partial charge on any atom is 0.141 e. The van der Waals surface area contributed by atoms with Gasteiger partial charge in [0, 0.05) is 41.8 Å². The van der Waals surface area contributed by atoms with Crippen molar-refractivity contribution >= 4 is 45.6 Å². The number of benzene rings is 1. The summed E-state index contributed by atoms with van der Waals surface area (Å²) in [5, 5.41) is 9.81. The largest absolute Gasteiger partial charge is 0.495 e. The fourth-order valence-corrected chi connectivity index (χ4v) is 5.66. The van der Waals surface area contributed by atoms with Crippen LogP contribution in [0.3, 0.4) is 0 Å². The molecule has 2 fully saturated rings. The minimum atomic E-state index is 0.259. The first-order valence-corrected chi connectivity index (χ1v) is 13.4. The van der Waals surface area contributed by atoms with Gasteiger partial charge in [0.2, 0.25) is 0 Å². The zero-order valence-corrected chi connectivity index (χ0v) is 23.0. The van der Waals surface area contributed by atoms with E-state index in [4.69, 9.17) is 42.4 Å². The van der Waals surface area contributed by atoms with Crippen molar-refractivity contribution in [2.24, 2.45) is 5.92 Å². The molecule has 0 bridgehead atoms. The highest BCUT2D eigenvalue weighted by molar-refractivity contribution is 6.41. The number of aromatic nitrogens is 2. The van der Waals surface area contributed by atoms with Crippen LogP contribution in [0.5, 0.6) is 11.5 Å². The first-order chi connectivity index (χ1) is 18.0. The molecule has 2 aromatic heterocycles. The Bertz CT molecular complexity index is 1230. The summed E-state index contributed by atoms with van der Waals surface area (Å²) in [7, 11) is 5.30. The predicted molar refractivity (Wildman–Crippen MR) is 150 cm³/mol. The topological polar surface area (TPSA) is 80.8 Å². The summed E-state index contributed by atoms with van der Waals surface area (Å²) in [5.74, 6) is 3.09. The molecule has 1 atom stereocenters. The van der Waals surface area contributed by atoms with Crippen LogP contribution in [0.1, 0.15) is 19.3 Å². The van der Waals surface area contributed by atoms with Crippen molar-refractivity contribution in [2.75, 3.05) is 64.7 Å². The Labute approximate surface area is 227 Å². The number of pyridine rings is 2. The molecule has 0 radical (unpaired) electrons. The van der Waals surface area contributed by atoms with Gasteiger partial charge in [-0.1, -0.05) is 23.2 Å². The van der Waals surface area contributed by atoms with E-state index in [9.17, 15) is 0 Å². The van der Waals surface area contributed by atoms with Gasteiger partial charge in [-0.15, -0.1) is 0 Å². The number of ether oxygens (including phenoxy) is 3. The van der Waals surface area contributed by atoms with Crippen LogP contribution >= 0.6 is 23.2 Å². The van der Waals surface area contributed by atoms with Crippen LogP contribution in [0.2, 0.25) is 10.0 Å². The van der Waals surface area contributed by atoms with Crippen LogP contribution in [-0.2, 0) is 4.74 Å². The number of hydrogen-bond donors (Lipinski definition) is 2. The van der Waals surface area contributed by atoms with Crippen molar-refractivity contribution in [3.05, 3.63) is 34.4 Å². The average Bonchev–Trinajstić information content (AvgIpc) is 3.42. The van der Waals surface area contributed by atoms with Gasteiger partial charge in [-0.2, -0.15) is 0 Å². The molecule has 4 heterocycles. The molecule has 5 rings (SSSR count). The summed E-state index contributed by atoms with van der Waals surface area (Å²) >= 11 is 13.5. The number of anilines is 2. The Morgan fingerprint density at radius 1 is 1.05 bits per heavy atom. The highest BCUT2D eigenvalue weighted by Gasteiger charge is 2.23. The third kappa shape index (κ3) is 5.67. The summed E-state index contributed by atoms with van der Waals surface area (Å²) in [6.07, 6.45) is 5.13. The lowest BCUT2D eigenvalue weighted by Crippen LogP contribution is -2.33. The van der Waals surface area contributed by atoms with E-state index < -0.39 is 0 Å². The molecule has 0 amide bonds. The molecule has 10 heteroatoms. The maximum atomic E-state index is 6.75. The number of nitrogens with one attached hydrogen (secondary N) is 2. The van der Waals surface area contributed by atoms with Gasteiger partial charge in [0.25, 0.3) is 0 Å². The van der Waals surface area contributed by atoms with Crippen molar-refractivity contribution < 1.29 is 14.2 Å². The SMILES string of the molecule is COc1cc(OC)c(Cl)c(-c2cc3cnc(NC4CCOC4)cc3c(NCC3CCN(C)CC3)n2)c1Cl. The number of nitrogens with zero attached hydrogens (tertiary/aromatic N) is 3. The number of methoxy groups -OCH3 is 2. The minimum absolute atomic E-state index is 0.259. The lowest BCUT2D eigenvalue weighted by molar-refractivity contribution is 0.195. The zero-order chi connectivity index (χ0) is 25.9. The van der Waals surface area contributed by atoms with E-state index >= 15 is 0 Å². The van der Waals surface area contributed by atoms with Crippen LogP contribution in [-0.4, -0.2) is 75.0 Å². The van der Waals surface area contributed by atoms with Gasteiger partial charge in [0.15, 0.2) is 0 Å². The number of rotatable bonds is 8. The number of likely N-dealkylation sites (tertiary alicyclic amines) is 1. The summed E-state index contributed by atoms with van der Waals surface area (Å²) in [4.78, 5) is 12.1. The van der Waals surface area contributed by atoms with Gasteiger partial charge in [-0.3, -0.25) is 0 Å². The van der Waals surface area contributed by atoms with Gasteiger partial charge in [0.05, 0.1) is 42.6 Å². The van der Waals surface area contributed by atoms with Gasteiger partial charge in [0.1, 0.15) is 23.1 Å². The molecule has 2 N–H and O–H groups in total.